The van der Waals surface area contributed by atoms with Crippen LogP contribution in [0.1, 0.15) is 58.9 Å². The highest BCUT2D eigenvalue weighted by molar-refractivity contribution is 5.47. The van der Waals surface area contributed by atoms with Crippen molar-refractivity contribution in [1.82, 2.24) is 0 Å². The number of non-ortho nitro benzene ring substituents is 1. The minimum absolute atomic E-state index is 0.0848. The molecule has 0 radical (unpaired) electrons. The first kappa shape index (κ1) is 16.5. The average molecular weight is 279 g/mol. The van der Waals surface area contributed by atoms with Gasteiger partial charge in [-0.1, -0.05) is 47.0 Å². The first-order valence-corrected chi connectivity index (χ1v) is 7.28. The molecule has 0 amide bonds. The number of ether oxygens (including phenoxy) is 1. The molecule has 0 aromatic heterocycles. The van der Waals surface area contributed by atoms with E-state index in [2.05, 4.69) is 27.7 Å². The molecular formula is C16H25NO3. The third-order valence-corrected chi connectivity index (χ3v) is 3.24. The fourth-order valence-electron chi connectivity index (χ4n) is 2.07. The zero-order chi connectivity index (χ0) is 15.2. The topological polar surface area (TPSA) is 52.4 Å². The zero-order valence-corrected chi connectivity index (χ0v) is 12.9. The molecule has 4 nitrogen and oxygen atoms in total. The van der Waals surface area contributed by atoms with Gasteiger partial charge < -0.3 is 4.74 Å². The maximum Gasteiger partial charge on any atom is 0.273 e. The summed E-state index contributed by atoms with van der Waals surface area (Å²) in [7, 11) is 0. The Bertz CT molecular complexity index is 450. The Morgan fingerprint density at radius 3 is 2.45 bits per heavy atom. The second kappa shape index (κ2) is 7.27. The Balaban J connectivity index is 2.83. The molecule has 0 spiro atoms. The fourth-order valence-corrected chi connectivity index (χ4v) is 2.07. The van der Waals surface area contributed by atoms with Crippen LogP contribution in [-0.2, 0) is 5.41 Å². The molecule has 1 aromatic rings. The third-order valence-electron chi connectivity index (χ3n) is 3.24. The molecule has 4 heteroatoms. The quantitative estimate of drug-likeness (QED) is 0.407. The Morgan fingerprint density at radius 2 is 1.90 bits per heavy atom. The molecule has 0 fully saturated rings. The Kier molecular flexibility index (Phi) is 5.99. The standard InChI is InChI=1S/C16H25NO3/c1-5-6-7-8-11-20-15-12-13(17(18)19)9-10-14(15)16(2,3)4/h9-10,12H,5-8,11H2,1-4H3. The van der Waals surface area contributed by atoms with Crippen LogP contribution in [0.2, 0.25) is 0 Å². The maximum absolute atomic E-state index is 10.9. The van der Waals surface area contributed by atoms with Crippen LogP contribution < -0.4 is 4.74 Å². The lowest BCUT2D eigenvalue weighted by molar-refractivity contribution is -0.385. The Morgan fingerprint density at radius 1 is 1.20 bits per heavy atom. The lowest BCUT2D eigenvalue weighted by Crippen LogP contribution is -2.14. The van der Waals surface area contributed by atoms with Crippen molar-refractivity contribution in [2.24, 2.45) is 0 Å². The average Bonchev–Trinajstić information content (AvgIpc) is 2.37. The molecule has 1 rings (SSSR count). The molecule has 0 aliphatic heterocycles. The summed E-state index contributed by atoms with van der Waals surface area (Å²) in [6, 6.07) is 4.89. The number of nitrogens with zero attached hydrogens (tertiary/aromatic N) is 1. The van der Waals surface area contributed by atoms with Crippen LogP contribution in [0.5, 0.6) is 5.75 Å². The van der Waals surface area contributed by atoms with E-state index < -0.39 is 0 Å². The second-order valence-corrected chi connectivity index (χ2v) is 6.10. The van der Waals surface area contributed by atoms with Crippen molar-refractivity contribution in [1.29, 1.82) is 0 Å². The summed E-state index contributed by atoms with van der Waals surface area (Å²) in [4.78, 5) is 10.5. The molecule has 0 N–H and O–H groups in total. The van der Waals surface area contributed by atoms with Crippen molar-refractivity contribution in [3.05, 3.63) is 33.9 Å². The number of rotatable bonds is 7. The van der Waals surface area contributed by atoms with Gasteiger partial charge in [-0.15, -0.1) is 0 Å². The summed E-state index contributed by atoms with van der Waals surface area (Å²) in [5.41, 5.74) is 1.01. The SMILES string of the molecule is CCCCCCOc1cc([N+](=O)[O-])ccc1C(C)(C)C. The van der Waals surface area contributed by atoms with E-state index in [9.17, 15) is 10.1 Å². The van der Waals surface area contributed by atoms with Gasteiger partial charge in [-0.25, -0.2) is 0 Å². The normalized spacial score (nSPS) is 11.4. The van der Waals surface area contributed by atoms with E-state index in [1.54, 1.807) is 18.2 Å². The Hall–Kier alpha value is -1.58. The van der Waals surface area contributed by atoms with Crippen molar-refractivity contribution in [2.75, 3.05) is 6.61 Å². The van der Waals surface area contributed by atoms with Crippen LogP contribution in [0.3, 0.4) is 0 Å². The van der Waals surface area contributed by atoms with Gasteiger partial charge in [0.25, 0.3) is 5.69 Å². The molecule has 112 valence electrons. The first-order valence-electron chi connectivity index (χ1n) is 7.28. The van der Waals surface area contributed by atoms with Crippen LogP contribution in [0.25, 0.3) is 0 Å². The molecule has 20 heavy (non-hydrogen) atoms. The van der Waals surface area contributed by atoms with E-state index in [0.717, 1.165) is 18.4 Å². The van der Waals surface area contributed by atoms with Gasteiger partial charge in [-0.2, -0.15) is 0 Å². The lowest BCUT2D eigenvalue weighted by atomic mass is 9.86. The van der Waals surface area contributed by atoms with Gasteiger partial charge in [0.15, 0.2) is 0 Å². The van der Waals surface area contributed by atoms with Crippen LogP contribution in [0, 0.1) is 10.1 Å². The monoisotopic (exact) mass is 279 g/mol. The van der Waals surface area contributed by atoms with Gasteiger partial charge >= 0.3 is 0 Å². The molecule has 0 bridgehead atoms. The minimum atomic E-state index is -0.379. The summed E-state index contributed by atoms with van der Waals surface area (Å²) in [5.74, 6) is 0.642. The molecule has 0 aliphatic carbocycles. The van der Waals surface area contributed by atoms with Gasteiger partial charge in [0.1, 0.15) is 5.75 Å². The van der Waals surface area contributed by atoms with Crippen LogP contribution in [0.4, 0.5) is 5.69 Å². The second-order valence-electron chi connectivity index (χ2n) is 6.10. The number of hydrogen-bond acceptors (Lipinski definition) is 3. The van der Waals surface area contributed by atoms with Crippen molar-refractivity contribution in [2.45, 2.75) is 58.8 Å². The van der Waals surface area contributed by atoms with Gasteiger partial charge in [0, 0.05) is 6.07 Å². The van der Waals surface area contributed by atoms with E-state index >= 15 is 0 Å². The smallest absolute Gasteiger partial charge is 0.273 e. The highest BCUT2D eigenvalue weighted by Gasteiger charge is 2.21. The molecule has 0 unspecified atom stereocenters. The summed E-state index contributed by atoms with van der Waals surface area (Å²) >= 11 is 0. The fraction of sp³-hybridized carbons (Fsp3) is 0.625. The molecule has 0 aliphatic rings. The van der Waals surface area contributed by atoms with Gasteiger partial charge in [-0.05, 0) is 23.5 Å². The van der Waals surface area contributed by atoms with E-state index in [4.69, 9.17) is 4.74 Å². The van der Waals surface area contributed by atoms with E-state index in [-0.39, 0.29) is 16.0 Å². The van der Waals surface area contributed by atoms with E-state index in [1.807, 2.05) is 0 Å². The van der Waals surface area contributed by atoms with Crippen LogP contribution in [0.15, 0.2) is 18.2 Å². The van der Waals surface area contributed by atoms with Crippen molar-refractivity contribution in [3.63, 3.8) is 0 Å². The summed E-state index contributed by atoms with van der Waals surface area (Å²) in [5, 5.41) is 10.9. The first-order chi connectivity index (χ1) is 9.36. The minimum Gasteiger partial charge on any atom is -0.493 e. The molecular weight excluding hydrogens is 254 g/mol. The number of unbranched alkanes of at least 4 members (excludes halogenated alkanes) is 3. The number of nitro benzene ring substituents is 1. The summed E-state index contributed by atoms with van der Waals surface area (Å²) < 4.78 is 5.80. The van der Waals surface area contributed by atoms with Gasteiger partial charge in [-0.3, -0.25) is 10.1 Å². The largest absolute Gasteiger partial charge is 0.493 e. The van der Waals surface area contributed by atoms with Crippen molar-refractivity contribution in [3.8, 4) is 5.75 Å². The molecule has 0 saturated carbocycles. The predicted octanol–water partition coefficient (Wildman–Crippen LogP) is 4.85. The van der Waals surface area contributed by atoms with Crippen molar-refractivity contribution < 1.29 is 9.66 Å². The van der Waals surface area contributed by atoms with Crippen LogP contribution >= 0.6 is 0 Å². The van der Waals surface area contributed by atoms with Gasteiger partial charge in [0.2, 0.25) is 0 Å². The number of nitro groups is 1. The maximum atomic E-state index is 10.9. The predicted molar refractivity (Wildman–Crippen MR) is 81.4 cm³/mol. The summed E-state index contributed by atoms with van der Waals surface area (Å²) in [6.45, 7) is 9.03. The molecule has 0 heterocycles. The molecule has 1 aromatic carbocycles. The zero-order valence-electron chi connectivity index (χ0n) is 12.9. The Labute approximate surface area is 121 Å². The molecule has 0 saturated heterocycles. The third kappa shape index (κ3) is 4.83. The van der Waals surface area contributed by atoms with E-state index in [0.29, 0.717) is 12.4 Å². The molecule has 0 atom stereocenters. The van der Waals surface area contributed by atoms with Crippen LogP contribution in [-0.4, -0.2) is 11.5 Å². The van der Waals surface area contributed by atoms with Gasteiger partial charge in [0.05, 0.1) is 17.6 Å². The van der Waals surface area contributed by atoms with E-state index in [1.165, 1.54) is 12.8 Å². The highest BCUT2D eigenvalue weighted by Crippen LogP contribution is 2.34. The number of hydrogen-bond donors (Lipinski definition) is 0. The van der Waals surface area contributed by atoms with Crippen molar-refractivity contribution >= 4 is 5.69 Å². The summed E-state index contributed by atoms with van der Waals surface area (Å²) in [6.07, 6.45) is 4.50. The number of benzene rings is 1. The highest BCUT2D eigenvalue weighted by atomic mass is 16.6. The lowest BCUT2D eigenvalue weighted by Gasteiger charge is -2.22.